The average Bonchev–Trinajstić information content (AvgIpc) is 3.14. The molecule has 3 aromatic rings. The molecule has 0 spiro atoms. The number of hydrogen-bond acceptors (Lipinski definition) is 5. The summed E-state index contributed by atoms with van der Waals surface area (Å²) in [5.41, 5.74) is 1.43. The predicted molar refractivity (Wildman–Crippen MR) is 120 cm³/mol. The second kappa shape index (κ2) is 10.6. The first-order chi connectivity index (χ1) is 15.0. The van der Waals surface area contributed by atoms with Gasteiger partial charge in [0.05, 0.1) is 23.9 Å². The number of methoxy groups -OCH3 is 2. The summed E-state index contributed by atoms with van der Waals surface area (Å²) < 4.78 is 38.3. The van der Waals surface area contributed by atoms with Crippen LogP contribution >= 0.6 is 0 Å². The van der Waals surface area contributed by atoms with E-state index in [0.29, 0.717) is 37.2 Å². The zero-order valence-corrected chi connectivity index (χ0v) is 18.7. The van der Waals surface area contributed by atoms with Crippen LogP contribution in [0.1, 0.15) is 5.56 Å². The molecule has 0 saturated carbocycles. The Bertz CT molecular complexity index is 1100. The average molecular weight is 445 g/mol. The van der Waals surface area contributed by atoms with Crippen molar-refractivity contribution in [2.45, 2.75) is 17.2 Å². The molecule has 0 radical (unpaired) electrons. The second-order valence-electron chi connectivity index (χ2n) is 7.25. The summed E-state index contributed by atoms with van der Waals surface area (Å²) in [6.45, 7) is 1.75. The quantitative estimate of drug-likeness (QED) is 0.454. The van der Waals surface area contributed by atoms with Crippen LogP contribution in [0.5, 0.6) is 0 Å². The van der Waals surface area contributed by atoms with E-state index in [1.165, 1.54) is 0 Å². The van der Waals surface area contributed by atoms with Gasteiger partial charge in [-0.05, 0) is 11.6 Å². The van der Waals surface area contributed by atoms with Crippen molar-refractivity contribution in [3.8, 4) is 0 Å². The molecule has 1 amide bonds. The highest BCUT2D eigenvalue weighted by Gasteiger charge is 2.23. The topological polar surface area (TPSA) is 77.8 Å². The molecule has 0 unspecified atom stereocenters. The smallest absolute Gasteiger partial charge is 0.242 e. The highest BCUT2D eigenvalue weighted by molar-refractivity contribution is 7.90. The van der Waals surface area contributed by atoms with Gasteiger partial charge in [-0.1, -0.05) is 48.5 Å². The van der Waals surface area contributed by atoms with Crippen molar-refractivity contribution in [3.05, 3.63) is 66.4 Å². The van der Waals surface area contributed by atoms with Crippen LogP contribution in [0.15, 0.2) is 65.7 Å². The second-order valence-corrected chi connectivity index (χ2v) is 9.21. The van der Waals surface area contributed by atoms with E-state index in [9.17, 15) is 13.2 Å². The number of fused-ring (bicyclic) bond motifs is 1. The molecule has 0 saturated heterocycles. The van der Waals surface area contributed by atoms with Crippen molar-refractivity contribution < 1.29 is 22.7 Å². The molecule has 31 heavy (non-hydrogen) atoms. The molecule has 8 heteroatoms. The number of nitrogens with zero attached hydrogens (tertiary/aromatic N) is 2. The van der Waals surface area contributed by atoms with Crippen LogP contribution < -0.4 is 0 Å². The van der Waals surface area contributed by atoms with Crippen LogP contribution in [0.3, 0.4) is 0 Å². The van der Waals surface area contributed by atoms with Crippen molar-refractivity contribution in [2.24, 2.45) is 0 Å². The van der Waals surface area contributed by atoms with E-state index in [1.807, 2.05) is 30.3 Å². The number of carbonyl (C=O) groups excluding carboxylic acids is 1. The lowest BCUT2D eigenvalue weighted by Crippen LogP contribution is -2.38. The fourth-order valence-electron chi connectivity index (χ4n) is 3.47. The van der Waals surface area contributed by atoms with Gasteiger partial charge in [-0.25, -0.2) is 8.42 Å². The zero-order valence-electron chi connectivity index (χ0n) is 17.9. The van der Waals surface area contributed by atoms with Gasteiger partial charge >= 0.3 is 0 Å². The van der Waals surface area contributed by atoms with E-state index in [2.05, 4.69) is 0 Å². The van der Waals surface area contributed by atoms with Crippen LogP contribution in [0.2, 0.25) is 0 Å². The molecule has 0 aliphatic heterocycles. The summed E-state index contributed by atoms with van der Waals surface area (Å²) in [7, 11) is -0.418. The van der Waals surface area contributed by atoms with Crippen molar-refractivity contribution in [1.82, 2.24) is 9.47 Å². The van der Waals surface area contributed by atoms with Gasteiger partial charge in [0.25, 0.3) is 0 Å². The highest BCUT2D eigenvalue weighted by atomic mass is 32.2. The number of aromatic nitrogens is 1. The first-order valence-corrected chi connectivity index (χ1v) is 11.7. The summed E-state index contributed by atoms with van der Waals surface area (Å²) >= 11 is 0. The standard InChI is InChI=1S/C23H28N2O5S/c1-29-14-12-24(13-15-30-2)23(26)17-25-16-22(20-10-6-7-11-21(20)25)31(27,28)18-19-8-4-3-5-9-19/h3-11,16H,12-15,17-18H2,1-2H3. The molecular weight excluding hydrogens is 416 g/mol. The number of hydrogen-bond donors (Lipinski definition) is 0. The lowest BCUT2D eigenvalue weighted by molar-refractivity contribution is -0.133. The van der Waals surface area contributed by atoms with E-state index in [1.54, 1.807) is 54.1 Å². The molecule has 2 aromatic carbocycles. The SMILES string of the molecule is COCCN(CCOC)C(=O)Cn1cc(S(=O)(=O)Cc2ccccc2)c2ccccc21. The van der Waals surface area contributed by atoms with Gasteiger partial charge in [-0.2, -0.15) is 0 Å². The van der Waals surface area contributed by atoms with Gasteiger partial charge in [0.2, 0.25) is 5.91 Å². The molecule has 166 valence electrons. The largest absolute Gasteiger partial charge is 0.383 e. The Hall–Kier alpha value is -2.68. The van der Waals surface area contributed by atoms with Gasteiger partial charge in [0.15, 0.2) is 9.84 Å². The molecule has 0 aliphatic carbocycles. The summed E-state index contributed by atoms with van der Waals surface area (Å²) in [6, 6.07) is 16.3. The van der Waals surface area contributed by atoms with Gasteiger partial charge < -0.3 is 18.9 Å². The normalized spacial score (nSPS) is 11.7. The molecular formula is C23H28N2O5S. The van der Waals surface area contributed by atoms with E-state index >= 15 is 0 Å². The lowest BCUT2D eigenvalue weighted by Gasteiger charge is -2.22. The van der Waals surface area contributed by atoms with Crippen LogP contribution in [0.25, 0.3) is 10.9 Å². The Morgan fingerprint density at radius 2 is 1.55 bits per heavy atom. The maximum absolute atomic E-state index is 13.2. The monoisotopic (exact) mass is 444 g/mol. The Morgan fingerprint density at radius 1 is 0.935 bits per heavy atom. The molecule has 7 nitrogen and oxygen atoms in total. The van der Waals surface area contributed by atoms with Gasteiger partial charge in [-0.15, -0.1) is 0 Å². The number of ether oxygens (including phenoxy) is 2. The summed E-state index contributed by atoms with van der Waals surface area (Å²) in [6.07, 6.45) is 1.58. The molecule has 0 N–H and O–H groups in total. The molecule has 0 bridgehead atoms. The minimum Gasteiger partial charge on any atom is -0.383 e. The Morgan fingerprint density at radius 3 is 2.19 bits per heavy atom. The van der Waals surface area contributed by atoms with E-state index in [4.69, 9.17) is 9.47 Å². The summed E-state index contributed by atoms with van der Waals surface area (Å²) in [5.74, 6) is -0.217. The molecule has 1 aromatic heterocycles. The fourth-order valence-corrected chi connectivity index (χ4v) is 5.06. The van der Waals surface area contributed by atoms with E-state index in [-0.39, 0.29) is 23.1 Å². The maximum Gasteiger partial charge on any atom is 0.242 e. The van der Waals surface area contributed by atoms with Gasteiger partial charge in [0, 0.05) is 44.4 Å². The Labute approximate surface area is 183 Å². The van der Waals surface area contributed by atoms with Gasteiger partial charge in [-0.3, -0.25) is 4.79 Å². The minimum atomic E-state index is -3.59. The number of sulfone groups is 1. The van der Waals surface area contributed by atoms with Crippen molar-refractivity contribution in [1.29, 1.82) is 0 Å². The number of amides is 1. The first-order valence-electron chi connectivity index (χ1n) is 10.1. The van der Waals surface area contributed by atoms with Crippen molar-refractivity contribution in [2.75, 3.05) is 40.5 Å². The summed E-state index contributed by atoms with van der Waals surface area (Å²) in [4.78, 5) is 14.9. The lowest BCUT2D eigenvalue weighted by atomic mass is 10.2. The highest BCUT2D eigenvalue weighted by Crippen LogP contribution is 2.28. The third kappa shape index (κ3) is 5.72. The van der Waals surface area contributed by atoms with Crippen LogP contribution in [-0.4, -0.2) is 64.3 Å². The molecule has 0 aliphatic rings. The number of benzene rings is 2. The molecule has 3 rings (SSSR count). The van der Waals surface area contributed by atoms with Crippen LogP contribution in [0.4, 0.5) is 0 Å². The third-order valence-electron chi connectivity index (χ3n) is 5.08. The van der Waals surface area contributed by atoms with E-state index in [0.717, 1.165) is 5.56 Å². The summed E-state index contributed by atoms with van der Waals surface area (Å²) in [5, 5.41) is 0.617. The fraction of sp³-hybridized carbons (Fsp3) is 0.348. The minimum absolute atomic E-state index is 0.0365. The third-order valence-corrected chi connectivity index (χ3v) is 6.78. The van der Waals surface area contributed by atoms with Crippen molar-refractivity contribution in [3.63, 3.8) is 0 Å². The maximum atomic E-state index is 13.2. The molecule has 0 atom stereocenters. The Balaban J connectivity index is 1.91. The van der Waals surface area contributed by atoms with Gasteiger partial charge in [0.1, 0.15) is 6.54 Å². The Kier molecular flexibility index (Phi) is 7.84. The zero-order chi connectivity index (χ0) is 22.3. The number of carbonyl (C=O) groups is 1. The number of para-hydroxylation sites is 1. The first kappa shape index (κ1) is 23.0. The van der Waals surface area contributed by atoms with Crippen LogP contribution in [-0.2, 0) is 36.4 Å². The molecule has 1 heterocycles. The predicted octanol–water partition coefficient (Wildman–Crippen LogP) is 2.74. The number of rotatable bonds is 11. The van der Waals surface area contributed by atoms with Crippen LogP contribution in [0, 0.1) is 0 Å². The van der Waals surface area contributed by atoms with E-state index < -0.39 is 9.84 Å². The molecule has 0 fully saturated rings. The van der Waals surface area contributed by atoms with Crippen molar-refractivity contribution >= 4 is 26.6 Å².